The number of para-hydroxylation sites is 1. The second kappa shape index (κ2) is 4.18. The van der Waals surface area contributed by atoms with Gasteiger partial charge in [0.15, 0.2) is 0 Å². The molecule has 3 rings (SSSR count). The van der Waals surface area contributed by atoms with E-state index in [1.54, 1.807) is 17.3 Å². The molecule has 2 amide bonds. The summed E-state index contributed by atoms with van der Waals surface area (Å²) in [6, 6.07) is 8.06. The number of anilines is 2. The van der Waals surface area contributed by atoms with Crippen LogP contribution in [0.1, 0.15) is 12.5 Å². The number of hydrogen-bond acceptors (Lipinski definition) is 2. The van der Waals surface area contributed by atoms with E-state index in [1.165, 1.54) is 5.56 Å². The van der Waals surface area contributed by atoms with Crippen molar-refractivity contribution in [3.8, 4) is 0 Å². The lowest BCUT2D eigenvalue weighted by atomic mass is 10.1. The molecule has 92 valence electrons. The van der Waals surface area contributed by atoms with Gasteiger partial charge in [-0.1, -0.05) is 18.2 Å². The number of aromatic amines is 1. The number of amides is 2. The van der Waals surface area contributed by atoms with Gasteiger partial charge >= 0.3 is 6.03 Å². The Kier molecular flexibility index (Phi) is 2.51. The first kappa shape index (κ1) is 10.8. The van der Waals surface area contributed by atoms with Gasteiger partial charge in [-0.05, 0) is 25.0 Å². The zero-order valence-corrected chi connectivity index (χ0v) is 10.1. The van der Waals surface area contributed by atoms with Gasteiger partial charge in [0.05, 0.1) is 11.9 Å². The summed E-state index contributed by atoms with van der Waals surface area (Å²) in [6.07, 6.45) is 4.14. The number of carbonyl (C=O) groups excluding carboxylic acids is 1. The van der Waals surface area contributed by atoms with E-state index in [0.29, 0.717) is 5.69 Å². The molecule has 2 N–H and O–H groups in total. The van der Waals surface area contributed by atoms with E-state index in [0.717, 1.165) is 12.1 Å². The van der Waals surface area contributed by atoms with E-state index in [1.807, 2.05) is 18.2 Å². The van der Waals surface area contributed by atoms with Crippen LogP contribution in [-0.2, 0) is 6.42 Å². The molecular weight excluding hydrogens is 228 g/mol. The number of fused-ring (bicyclic) bond motifs is 1. The number of benzene rings is 1. The minimum absolute atomic E-state index is 0.117. The molecule has 1 atom stereocenters. The van der Waals surface area contributed by atoms with Crippen molar-refractivity contribution in [2.24, 2.45) is 0 Å². The van der Waals surface area contributed by atoms with Gasteiger partial charge in [0.1, 0.15) is 0 Å². The zero-order chi connectivity index (χ0) is 12.5. The Morgan fingerprint density at radius 2 is 2.33 bits per heavy atom. The van der Waals surface area contributed by atoms with Gasteiger partial charge in [-0.3, -0.25) is 10.00 Å². The van der Waals surface area contributed by atoms with E-state index >= 15 is 0 Å². The van der Waals surface area contributed by atoms with Crippen LogP contribution in [0.3, 0.4) is 0 Å². The Labute approximate surface area is 105 Å². The van der Waals surface area contributed by atoms with E-state index in [4.69, 9.17) is 0 Å². The molecular formula is C13H14N4O. The smallest absolute Gasteiger partial charge is 0.305 e. The summed E-state index contributed by atoms with van der Waals surface area (Å²) in [5, 5.41) is 9.31. The van der Waals surface area contributed by atoms with Crippen LogP contribution < -0.4 is 10.2 Å². The maximum atomic E-state index is 12.3. The van der Waals surface area contributed by atoms with Gasteiger partial charge in [-0.25, -0.2) is 4.79 Å². The molecule has 0 spiro atoms. The molecule has 0 radical (unpaired) electrons. The summed E-state index contributed by atoms with van der Waals surface area (Å²) in [6.45, 7) is 2.05. The number of nitrogens with one attached hydrogen (secondary N) is 2. The van der Waals surface area contributed by atoms with Crippen LogP contribution in [0.4, 0.5) is 16.2 Å². The van der Waals surface area contributed by atoms with E-state index in [-0.39, 0.29) is 12.1 Å². The first-order chi connectivity index (χ1) is 8.75. The molecule has 0 aliphatic carbocycles. The normalized spacial score (nSPS) is 17.6. The lowest BCUT2D eigenvalue weighted by molar-refractivity contribution is 0.256. The number of aromatic nitrogens is 2. The fourth-order valence-corrected chi connectivity index (χ4v) is 2.38. The van der Waals surface area contributed by atoms with E-state index in [9.17, 15) is 4.79 Å². The molecule has 0 saturated carbocycles. The fourth-order valence-electron chi connectivity index (χ4n) is 2.38. The Hall–Kier alpha value is -2.30. The van der Waals surface area contributed by atoms with E-state index < -0.39 is 0 Å². The lowest BCUT2D eigenvalue weighted by Crippen LogP contribution is -2.38. The van der Waals surface area contributed by atoms with Gasteiger partial charge in [0, 0.05) is 17.9 Å². The third kappa shape index (κ3) is 1.73. The molecule has 2 heterocycles. The highest BCUT2D eigenvalue weighted by molar-refractivity contribution is 6.03. The van der Waals surface area contributed by atoms with Crippen LogP contribution in [0.2, 0.25) is 0 Å². The topological polar surface area (TPSA) is 61.0 Å². The number of H-pyrrole nitrogens is 1. The van der Waals surface area contributed by atoms with Crippen molar-refractivity contribution in [1.82, 2.24) is 10.2 Å². The summed E-state index contributed by atoms with van der Waals surface area (Å²) in [7, 11) is 0. The van der Waals surface area contributed by atoms with E-state index in [2.05, 4.69) is 28.5 Å². The Morgan fingerprint density at radius 3 is 3.11 bits per heavy atom. The summed E-state index contributed by atoms with van der Waals surface area (Å²) >= 11 is 0. The lowest BCUT2D eigenvalue weighted by Gasteiger charge is -2.22. The van der Waals surface area contributed by atoms with Crippen molar-refractivity contribution < 1.29 is 4.79 Å². The Balaban J connectivity index is 1.86. The maximum Gasteiger partial charge on any atom is 0.326 e. The van der Waals surface area contributed by atoms with Gasteiger partial charge in [0.2, 0.25) is 0 Å². The molecule has 18 heavy (non-hydrogen) atoms. The predicted octanol–water partition coefficient (Wildman–Crippen LogP) is 2.39. The van der Waals surface area contributed by atoms with Crippen molar-refractivity contribution in [3.63, 3.8) is 0 Å². The monoisotopic (exact) mass is 242 g/mol. The Bertz CT molecular complexity index is 564. The molecule has 1 aromatic carbocycles. The molecule has 0 bridgehead atoms. The minimum Gasteiger partial charge on any atom is -0.305 e. The van der Waals surface area contributed by atoms with Crippen molar-refractivity contribution >= 4 is 17.4 Å². The standard InChI is InChI=1S/C13H14N4O/c1-9-6-10-4-2-3-5-12(10)17(9)13(18)16-11-7-14-15-8-11/h2-5,7-9H,6H2,1H3,(H,14,15)(H,16,18)/t9-/m0/s1. The molecule has 0 fully saturated rings. The van der Waals surface area contributed by atoms with Gasteiger partial charge < -0.3 is 5.32 Å². The average Bonchev–Trinajstić information content (AvgIpc) is 2.94. The molecule has 1 aliphatic rings. The fraction of sp³-hybridized carbons (Fsp3) is 0.231. The highest BCUT2D eigenvalue weighted by atomic mass is 16.2. The van der Waals surface area contributed by atoms with Crippen molar-refractivity contribution in [2.75, 3.05) is 10.2 Å². The third-order valence-corrected chi connectivity index (χ3v) is 3.18. The number of carbonyl (C=O) groups is 1. The largest absolute Gasteiger partial charge is 0.326 e. The van der Waals surface area contributed by atoms with Crippen LogP contribution in [0, 0.1) is 0 Å². The van der Waals surface area contributed by atoms with Crippen LogP contribution >= 0.6 is 0 Å². The van der Waals surface area contributed by atoms with Crippen LogP contribution in [-0.4, -0.2) is 22.3 Å². The highest BCUT2D eigenvalue weighted by Crippen LogP contribution is 2.32. The summed E-state index contributed by atoms with van der Waals surface area (Å²) in [5.74, 6) is 0. The SMILES string of the molecule is C[C@H]1Cc2ccccc2N1C(=O)Nc1cn[nH]c1. The summed E-state index contributed by atoms with van der Waals surface area (Å²) < 4.78 is 0. The highest BCUT2D eigenvalue weighted by Gasteiger charge is 2.30. The predicted molar refractivity (Wildman–Crippen MR) is 69.7 cm³/mol. The number of urea groups is 1. The first-order valence-electron chi connectivity index (χ1n) is 5.92. The van der Waals surface area contributed by atoms with Crippen LogP contribution in [0.5, 0.6) is 0 Å². The number of nitrogens with zero attached hydrogens (tertiary/aromatic N) is 2. The second-order valence-electron chi connectivity index (χ2n) is 4.47. The van der Waals surface area contributed by atoms with Crippen LogP contribution in [0.25, 0.3) is 0 Å². The average molecular weight is 242 g/mol. The molecule has 2 aromatic rings. The third-order valence-electron chi connectivity index (χ3n) is 3.18. The van der Waals surface area contributed by atoms with Crippen molar-refractivity contribution in [3.05, 3.63) is 42.2 Å². The molecule has 0 unspecified atom stereocenters. The first-order valence-corrected chi connectivity index (χ1v) is 5.92. The van der Waals surface area contributed by atoms with Crippen molar-refractivity contribution in [2.45, 2.75) is 19.4 Å². The van der Waals surface area contributed by atoms with Gasteiger partial charge in [-0.2, -0.15) is 5.10 Å². The molecule has 5 nitrogen and oxygen atoms in total. The van der Waals surface area contributed by atoms with Gasteiger partial charge in [-0.15, -0.1) is 0 Å². The zero-order valence-electron chi connectivity index (χ0n) is 10.1. The Morgan fingerprint density at radius 1 is 1.50 bits per heavy atom. The summed E-state index contributed by atoms with van der Waals surface area (Å²) in [4.78, 5) is 14.1. The summed E-state index contributed by atoms with van der Waals surface area (Å²) in [5.41, 5.74) is 2.88. The van der Waals surface area contributed by atoms with Gasteiger partial charge in [0.25, 0.3) is 0 Å². The molecule has 5 heteroatoms. The molecule has 1 aliphatic heterocycles. The van der Waals surface area contributed by atoms with Crippen molar-refractivity contribution in [1.29, 1.82) is 0 Å². The number of rotatable bonds is 1. The number of hydrogen-bond donors (Lipinski definition) is 2. The quantitative estimate of drug-likeness (QED) is 0.806. The second-order valence-corrected chi connectivity index (χ2v) is 4.47. The van der Waals surface area contributed by atoms with Crippen LogP contribution in [0.15, 0.2) is 36.7 Å². The minimum atomic E-state index is -0.117. The maximum absolute atomic E-state index is 12.3. The molecule has 1 aromatic heterocycles. The molecule has 0 saturated heterocycles.